The lowest BCUT2D eigenvalue weighted by Gasteiger charge is -2.10. The van der Waals surface area contributed by atoms with Gasteiger partial charge in [-0.3, -0.25) is 25.2 Å². The molecule has 0 aliphatic carbocycles. The number of hydrogen-bond donors (Lipinski definition) is 3. The van der Waals surface area contributed by atoms with E-state index in [1.807, 2.05) is 0 Å². The maximum absolute atomic E-state index is 12.4. The van der Waals surface area contributed by atoms with Gasteiger partial charge in [0.15, 0.2) is 0 Å². The molecule has 3 amide bonds. The lowest BCUT2D eigenvalue weighted by molar-refractivity contribution is 0.0846. The predicted octanol–water partition coefficient (Wildman–Crippen LogP) is 3.78. The van der Waals surface area contributed by atoms with E-state index in [0.717, 1.165) is 4.47 Å². The van der Waals surface area contributed by atoms with Gasteiger partial charge in [-0.1, -0.05) is 22.0 Å². The number of benzene rings is 3. The Morgan fingerprint density at radius 1 is 0.733 bits per heavy atom. The quantitative estimate of drug-likeness (QED) is 0.497. The fraction of sp³-hybridized carbons (Fsp3) is 0.0455. The molecule has 0 saturated heterocycles. The van der Waals surface area contributed by atoms with Crippen LogP contribution in [0.25, 0.3) is 0 Å². The average Bonchev–Trinajstić information content (AvgIpc) is 2.78. The summed E-state index contributed by atoms with van der Waals surface area (Å²) in [6.07, 6.45) is 0. The van der Waals surface area contributed by atoms with Crippen molar-refractivity contribution in [2.45, 2.75) is 0 Å². The first-order valence-electron chi connectivity index (χ1n) is 8.88. The lowest BCUT2D eigenvalue weighted by atomic mass is 10.1. The second-order valence-corrected chi connectivity index (χ2v) is 7.09. The van der Waals surface area contributed by atoms with Crippen molar-refractivity contribution in [1.82, 2.24) is 10.9 Å². The number of rotatable bonds is 5. The molecule has 3 N–H and O–H groups in total. The van der Waals surface area contributed by atoms with Crippen LogP contribution in [-0.2, 0) is 0 Å². The number of nitrogens with one attached hydrogen (secondary N) is 3. The van der Waals surface area contributed by atoms with Crippen LogP contribution in [0.4, 0.5) is 5.69 Å². The smallest absolute Gasteiger partial charge is 0.269 e. The number of amides is 3. The summed E-state index contributed by atoms with van der Waals surface area (Å²) >= 11 is 3.32. The highest BCUT2D eigenvalue weighted by molar-refractivity contribution is 9.10. The van der Waals surface area contributed by atoms with Crippen LogP contribution in [0, 0.1) is 0 Å². The van der Waals surface area contributed by atoms with E-state index in [-0.39, 0.29) is 11.5 Å². The summed E-state index contributed by atoms with van der Waals surface area (Å²) in [6.45, 7) is 0. The summed E-state index contributed by atoms with van der Waals surface area (Å²) in [5, 5.41) is 2.74. The van der Waals surface area contributed by atoms with Gasteiger partial charge in [0.2, 0.25) is 0 Å². The van der Waals surface area contributed by atoms with Crippen molar-refractivity contribution in [2.24, 2.45) is 0 Å². The first kappa shape index (κ1) is 21.1. The van der Waals surface area contributed by atoms with Crippen LogP contribution in [0.2, 0.25) is 0 Å². The average molecular weight is 468 g/mol. The predicted molar refractivity (Wildman–Crippen MR) is 116 cm³/mol. The number of carbonyl (C=O) groups excluding carboxylic acids is 3. The van der Waals surface area contributed by atoms with Crippen molar-refractivity contribution >= 4 is 39.3 Å². The molecule has 0 aliphatic heterocycles. The molecule has 0 atom stereocenters. The van der Waals surface area contributed by atoms with Gasteiger partial charge in [0.05, 0.1) is 7.11 Å². The molecule has 0 bridgehead atoms. The SMILES string of the molecule is COc1ccc(C(=O)NNC(=O)c2cccc(NC(=O)c3ccc(Br)cc3)c2)cc1. The molecule has 0 radical (unpaired) electrons. The number of methoxy groups -OCH3 is 1. The van der Waals surface area contributed by atoms with Crippen LogP contribution in [0.15, 0.2) is 77.3 Å². The highest BCUT2D eigenvalue weighted by Gasteiger charge is 2.11. The van der Waals surface area contributed by atoms with Crippen LogP contribution >= 0.6 is 15.9 Å². The Balaban J connectivity index is 1.60. The second kappa shape index (κ2) is 9.71. The molecule has 152 valence electrons. The normalized spacial score (nSPS) is 10.1. The van der Waals surface area contributed by atoms with Crippen LogP contribution in [0.1, 0.15) is 31.1 Å². The zero-order valence-electron chi connectivity index (χ0n) is 15.9. The highest BCUT2D eigenvalue weighted by Crippen LogP contribution is 2.15. The van der Waals surface area contributed by atoms with E-state index in [4.69, 9.17) is 4.74 Å². The van der Waals surface area contributed by atoms with Crippen LogP contribution in [0.3, 0.4) is 0 Å². The van der Waals surface area contributed by atoms with Gasteiger partial charge in [-0.15, -0.1) is 0 Å². The molecule has 8 heteroatoms. The lowest BCUT2D eigenvalue weighted by Crippen LogP contribution is -2.41. The summed E-state index contributed by atoms with van der Waals surface area (Å²) in [4.78, 5) is 36.8. The molecular formula is C22H18BrN3O4. The van der Waals surface area contributed by atoms with Gasteiger partial charge in [-0.2, -0.15) is 0 Å². The van der Waals surface area contributed by atoms with Crippen molar-refractivity contribution in [3.05, 3.63) is 94.0 Å². The van der Waals surface area contributed by atoms with Gasteiger partial charge < -0.3 is 10.1 Å². The third-order valence-corrected chi connectivity index (χ3v) is 4.66. The van der Waals surface area contributed by atoms with Gasteiger partial charge in [0.25, 0.3) is 17.7 Å². The maximum Gasteiger partial charge on any atom is 0.269 e. The fourth-order valence-electron chi connectivity index (χ4n) is 2.54. The van der Waals surface area contributed by atoms with Crippen LogP contribution in [0.5, 0.6) is 5.75 Å². The van der Waals surface area contributed by atoms with Crippen LogP contribution in [-0.4, -0.2) is 24.8 Å². The largest absolute Gasteiger partial charge is 0.497 e. The first-order chi connectivity index (χ1) is 14.5. The highest BCUT2D eigenvalue weighted by atomic mass is 79.9. The number of carbonyl (C=O) groups is 3. The van der Waals surface area contributed by atoms with E-state index in [0.29, 0.717) is 22.6 Å². The Labute approximate surface area is 181 Å². The van der Waals surface area contributed by atoms with Crippen molar-refractivity contribution in [2.75, 3.05) is 12.4 Å². The van der Waals surface area contributed by atoms with E-state index in [2.05, 4.69) is 32.1 Å². The molecule has 3 aromatic rings. The van der Waals surface area contributed by atoms with Gasteiger partial charge in [0.1, 0.15) is 5.75 Å². The minimum absolute atomic E-state index is 0.277. The Bertz CT molecular complexity index is 1070. The molecule has 0 heterocycles. The number of anilines is 1. The Morgan fingerprint density at radius 2 is 1.30 bits per heavy atom. The summed E-state index contributed by atoms with van der Waals surface area (Å²) < 4.78 is 5.91. The summed E-state index contributed by atoms with van der Waals surface area (Å²) in [6, 6.07) is 19.8. The molecule has 0 unspecified atom stereocenters. The van der Waals surface area contributed by atoms with Gasteiger partial charge in [-0.25, -0.2) is 0 Å². The monoisotopic (exact) mass is 467 g/mol. The minimum Gasteiger partial charge on any atom is -0.497 e. The first-order valence-corrected chi connectivity index (χ1v) is 9.67. The molecular weight excluding hydrogens is 450 g/mol. The van der Waals surface area contributed by atoms with Gasteiger partial charge in [-0.05, 0) is 66.7 Å². The second-order valence-electron chi connectivity index (χ2n) is 6.18. The molecule has 0 fully saturated rings. The Hall–Kier alpha value is -3.65. The third kappa shape index (κ3) is 5.45. The molecule has 0 aliphatic rings. The molecule has 3 aromatic carbocycles. The van der Waals surface area contributed by atoms with Gasteiger partial charge in [0, 0.05) is 26.9 Å². The minimum atomic E-state index is -0.517. The summed E-state index contributed by atoms with van der Waals surface area (Å²) in [7, 11) is 1.53. The van der Waals surface area contributed by atoms with E-state index >= 15 is 0 Å². The van der Waals surface area contributed by atoms with Crippen molar-refractivity contribution in [3.63, 3.8) is 0 Å². The molecule has 30 heavy (non-hydrogen) atoms. The Morgan fingerprint density at radius 3 is 1.93 bits per heavy atom. The number of ether oxygens (including phenoxy) is 1. The molecule has 0 aromatic heterocycles. The van der Waals surface area contributed by atoms with E-state index in [1.54, 1.807) is 66.7 Å². The van der Waals surface area contributed by atoms with E-state index < -0.39 is 11.8 Å². The zero-order valence-corrected chi connectivity index (χ0v) is 17.5. The molecule has 0 saturated carbocycles. The molecule has 7 nitrogen and oxygen atoms in total. The van der Waals surface area contributed by atoms with Crippen molar-refractivity contribution in [3.8, 4) is 5.75 Å². The third-order valence-electron chi connectivity index (χ3n) is 4.13. The number of hydrazine groups is 1. The Kier molecular flexibility index (Phi) is 6.82. The summed E-state index contributed by atoms with van der Waals surface area (Å²) in [5.41, 5.74) is 6.30. The van der Waals surface area contributed by atoms with Crippen molar-refractivity contribution < 1.29 is 19.1 Å². The molecule has 3 rings (SSSR count). The van der Waals surface area contributed by atoms with Crippen molar-refractivity contribution in [1.29, 1.82) is 0 Å². The molecule has 0 spiro atoms. The standard InChI is InChI=1S/C22H18BrN3O4/c1-30-19-11-7-15(8-12-19)21(28)25-26-22(29)16-3-2-4-18(13-16)24-20(27)14-5-9-17(23)10-6-14/h2-13H,1H3,(H,24,27)(H,25,28)(H,26,29). The number of hydrogen-bond acceptors (Lipinski definition) is 4. The summed E-state index contributed by atoms with van der Waals surface area (Å²) in [5.74, 6) is -0.659. The maximum atomic E-state index is 12.4. The van der Waals surface area contributed by atoms with Crippen LogP contribution < -0.4 is 20.9 Å². The van der Waals surface area contributed by atoms with E-state index in [1.165, 1.54) is 13.2 Å². The van der Waals surface area contributed by atoms with Gasteiger partial charge >= 0.3 is 0 Å². The zero-order chi connectivity index (χ0) is 21.5. The fourth-order valence-corrected chi connectivity index (χ4v) is 2.81. The topological polar surface area (TPSA) is 96.5 Å². The van der Waals surface area contributed by atoms with E-state index in [9.17, 15) is 14.4 Å². The number of halogens is 1.